The molecule has 28 heavy (non-hydrogen) atoms. The Morgan fingerprint density at radius 1 is 0.964 bits per heavy atom. The van der Waals surface area contributed by atoms with Gasteiger partial charge in [-0.3, -0.25) is 9.59 Å². The van der Waals surface area contributed by atoms with Gasteiger partial charge in [0, 0.05) is 21.7 Å². The van der Waals surface area contributed by atoms with Gasteiger partial charge in [0.1, 0.15) is 0 Å². The van der Waals surface area contributed by atoms with Crippen molar-refractivity contribution in [1.29, 1.82) is 0 Å². The van der Waals surface area contributed by atoms with Crippen LogP contribution in [0.25, 0.3) is 0 Å². The van der Waals surface area contributed by atoms with E-state index in [0.717, 1.165) is 16.1 Å². The van der Waals surface area contributed by atoms with Crippen LogP contribution in [0.3, 0.4) is 0 Å². The zero-order chi connectivity index (χ0) is 20.1. The number of nitrogens with zero attached hydrogens (tertiary/aromatic N) is 2. The summed E-state index contributed by atoms with van der Waals surface area (Å²) in [5.74, 6) is -0.641. The number of carbonyl (C=O) groups excluding carboxylic acids is 2. The zero-order valence-electron chi connectivity index (χ0n) is 15.8. The van der Waals surface area contributed by atoms with Gasteiger partial charge in [-0.2, -0.15) is 0 Å². The summed E-state index contributed by atoms with van der Waals surface area (Å²) in [4.78, 5) is 32.6. The molecular formula is C22H19ClN2O2S. The topological polar surface area (TPSA) is 50.3 Å². The second kappa shape index (κ2) is 6.83. The molecular weight excluding hydrogens is 392 g/mol. The summed E-state index contributed by atoms with van der Waals surface area (Å²) < 4.78 is 0. The highest BCUT2D eigenvalue weighted by molar-refractivity contribution is 7.16. The summed E-state index contributed by atoms with van der Waals surface area (Å²) in [6, 6.07) is 14.6. The molecule has 1 aromatic heterocycles. The summed E-state index contributed by atoms with van der Waals surface area (Å²) in [6.45, 7) is 6.22. The summed E-state index contributed by atoms with van der Waals surface area (Å²) >= 11 is 7.73. The van der Waals surface area contributed by atoms with Crippen LogP contribution in [0.15, 0.2) is 48.5 Å². The van der Waals surface area contributed by atoms with Gasteiger partial charge < -0.3 is 0 Å². The molecule has 0 bridgehead atoms. The van der Waals surface area contributed by atoms with E-state index in [-0.39, 0.29) is 17.2 Å². The molecule has 4 rings (SSSR count). The Labute approximate surface area is 172 Å². The first-order valence-electron chi connectivity index (χ1n) is 8.99. The Balaban J connectivity index is 1.78. The number of benzene rings is 2. The second-order valence-electron chi connectivity index (χ2n) is 7.78. The predicted molar refractivity (Wildman–Crippen MR) is 113 cm³/mol. The highest BCUT2D eigenvalue weighted by Crippen LogP contribution is 2.38. The Hall–Kier alpha value is -2.50. The van der Waals surface area contributed by atoms with Crippen LogP contribution in [-0.2, 0) is 11.8 Å². The molecule has 2 heterocycles. The van der Waals surface area contributed by atoms with Gasteiger partial charge in [-0.1, -0.05) is 62.7 Å². The van der Waals surface area contributed by atoms with Crippen LogP contribution in [-0.4, -0.2) is 16.8 Å². The first kappa shape index (κ1) is 18.8. The second-order valence-corrected chi connectivity index (χ2v) is 9.25. The van der Waals surface area contributed by atoms with Crippen molar-refractivity contribution < 1.29 is 9.59 Å². The van der Waals surface area contributed by atoms with Crippen LogP contribution in [0.1, 0.15) is 57.6 Å². The molecule has 0 unspecified atom stereocenters. The van der Waals surface area contributed by atoms with Gasteiger partial charge >= 0.3 is 0 Å². The molecule has 0 aliphatic carbocycles. The van der Waals surface area contributed by atoms with Crippen molar-refractivity contribution in [2.75, 3.05) is 4.90 Å². The van der Waals surface area contributed by atoms with E-state index < -0.39 is 0 Å². The number of halogens is 1. The zero-order valence-corrected chi connectivity index (χ0v) is 17.4. The van der Waals surface area contributed by atoms with Crippen LogP contribution < -0.4 is 4.90 Å². The van der Waals surface area contributed by atoms with Gasteiger partial charge in [0.25, 0.3) is 11.8 Å². The Morgan fingerprint density at radius 2 is 1.54 bits per heavy atom. The highest BCUT2D eigenvalue weighted by atomic mass is 35.5. The van der Waals surface area contributed by atoms with Crippen LogP contribution >= 0.6 is 22.9 Å². The fourth-order valence-corrected chi connectivity index (χ4v) is 4.81. The molecule has 2 amide bonds. The van der Waals surface area contributed by atoms with Crippen LogP contribution in [0.4, 0.5) is 5.13 Å². The number of anilines is 1. The molecule has 0 N–H and O–H groups in total. The number of hydrogen-bond acceptors (Lipinski definition) is 4. The molecule has 0 fully saturated rings. The molecule has 0 spiro atoms. The number of hydrogen-bond donors (Lipinski definition) is 0. The summed E-state index contributed by atoms with van der Waals surface area (Å²) in [6.07, 6.45) is 0.604. The minimum absolute atomic E-state index is 0.232. The molecule has 4 nitrogen and oxygen atoms in total. The first-order chi connectivity index (χ1) is 13.3. The van der Waals surface area contributed by atoms with Gasteiger partial charge in [-0.25, -0.2) is 9.88 Å². The maximum absolute atomic E-state index is 12.8. The average Bonchev–Trinajstić information content (AvgIpc) is 3.17. The fraction of sp³-hybridized carbons (Fsp3) is 0.227. The average molecular weight is 411 g/mol. The smallest absolute Gasteiger partial charge is 0.268 e. The quantitative estimate of drug-likeness (QED) is 0.537. The van der Waals surface area contributed by atoms with E-state index in [2.05, 4.69) is 20.8 Å². The number of thiazole rings is 1. The number of imide groups is 1. The van der Waals surface area contributed by atoms with Crippen LogP contribution in [0, 0.1) is 0 Å². The monoisotopic (exact) mass is 410 g/mol. The third kappa shape index (κ3) is 3.15. The minimum Gasteiger partial charge on any atom is -0.268 e. The molecule has 6 heteroatoms. The van der Waals surface area contributed by atoms with E-state index in [1.165, 1.54) is 16.2 Å². The molecule has 0 saturated carbocycles. The number of rotatable bonds is 3. The number of carbonyl (C=O) groups is 2. The maximum atomic E-state index is 12.8. The van der Waals surface area contributed by atoms with E-state index in [1.54, 1.807) is 24.3 Å². The number of aromatic nitrogens is 1. The van der Waals surface area contributed by atoms with Gasteiger partial charge in [-0.15, -0.1) is 11.3 Å². The maximum Gasteiger partial charge on any atom is 0.268 e. The Morgan fingerprint density at radius 3 is 2.11 bits per heavy atom. The molecule has 2 aromatic carbocycles. The first-order valence-corrected chi connectivity index (χ1v) is 10.2. The van der Waals surface area contributed by atoms with Crippen molar-refractivity contribution in [2.45, 2.75) is 32.6 Å². The Kier molecular flexibility index (Phi) is 4.60. The molecule has 3 aromatic rings. The molecule has 1 aliphatic rings. The van der Waals surface area contributed by atoms with Crippen molar-refractivity contribution in [3.05, 3.63) is 80.8 Å². The SMILES string of the molecule is CC(C)(C)c1nc(N2C(=O)c3ccccc3C2=O)sc1Cc1ccccc1Cl. The number of amides is 2. The van der Waals surface area contributed by atoms with Crippen LogP contribution in [0.2, 0.25) is 5.02 Å². The molecule has 0 atom stereocenters. The lowest BCUT2D eigenvalue weighted by Gasteiger charge is -2.18. The molecule has 0 saturated heterocycles. The van der Waals surface area contributed by atoms with E-state index in [0.29, 0.717) is 27.7 Å². The third-order valence-corrected chi connectivity index (χ3v) is 6.10. The standard InChI is InChI=1S/C22H19ClN2O2S/c1-22(2,3)18-17(12-13-8-4-7-11-16(13)23)28-21(24-18)25-19(26)14-9-5-6-10-15(14)20(25)27/h4-11H,12H2,1-3H3. The van der Waals surface area contributed by atoms with E-state index in [4.69, 9.17) is 16.6 Å². The lowest BCUT2D eigenvalue weighted by atomic mass is 9.90. The molecule has 0 radical (unpaired) electrons. The van der Waals surface area contributed by atoms with Gasteiger partial charge in [0.15, 0.2) is 5.13 Å². The van der Waals surface area contributed by atoms with Crippen molar-refractivity contribution in [3.63, 3.8) is 0 Å². The van der Waals surface area contributed by atoms with Crippen molar-refractivity contribution >= 4 is 39.9 Å². The molecule has 142 valence electrons. The van der Waals surface area contributed by atoms with E-state index in [1.807, 2.05) is 24.3 Å². The van der Waals surface area contributed by atoms with Crippen molar-refractivity contribution in [3.8, 4) is 0 Å². The predicted octanol–water partition coefficient (Wildman–Crippen LogP) is 5.49. The normalized spacial score (nSPS) is 13.9. The highest BCUT2D eigenvalue weighted by Gasteiger charge is 2.39. The lowest BCUT2D eigenvalue weighted by Crippen LogP contribution is -2.29. The van der Waals surface area contributed by atoms with E-state index >= 15 is 0 Å². The van der Waals surface area contributed by atoms with Gasteiger partial charge in [0.2, 0.25) is 0 Å². The Bertz CT molecular complexity index is 1060. The minimum atomic E-state index is -0.320. The van der Waals surface area contributed by atoms with Crippen molar-refractivity contribution in [1.82, 2.24) is 4.98 Å². The fourth-order valence-electron chi connectivity index (χ4n) is 3.32. The summed E-state index contributed by atoms with van der Waals surface area (Å²) in [7, 11) is 0. The van der Waals surface area contributed by atoms with Gasteiger partial charge in [0.05, 0.1) is 16.8 Å². The molecule has 1 aliphatic heterocycles. The van der Waals surface area contributed by atoms with Crippen LogP contribution in [0.5, 0.6) is 0 Å². The largest absolute Gasteiger partial charge is 0.268 e. The summed E-state index contributed by atoms with van der Waals surface area (Å²) in [5, 5.41) is 1.11. The van der Waals surface area contributed by atoms with Gasteiger partial charge in [-0.05, 0) is 23.8 Å². The van der Waals surface area contributed by atoms with Crippen molar-refractivity contribution in [2.24, 2.45) is 0 Å². The lowest BCUT2D eigenvalue weighted by molar-refractivity contribution is 0.0926. The number of fused-ring (bicyclic) bond motifs is 1. The summed E-state index contributed by atoms with van der Waals surface area (Å²) in [5.41, 5.74) is 2.49. The van der Waals surface area contributed by atoms with E-state index in [9.17, 15) is 9.59 Å². The third-order valence-electron chi connectivity index (χ3n) is 4.69.